The topological polar surface area (TPSA) is 0 Å². The average Bonchev–Trinajstić information content (AvgIpc) is 2.50. The molecule has 0 bridgehead atoms. The third-order valence-electron chi connectivity index (χ3n) is 4.02. The van der Waals surface area contributed by atoms with Gasteiger partial charge in [0.2, 0.25) is 0 Å². The Kier molecular flexibility index (Phi) is 3.93. The smallest absolute Gasteiger partial charge is 0.0455 e. The molecule has 2 aromatic rings. The molecule has 98 valence electrons. The Hall–Kier alpha value is -1.21. The van der Waals surface area contributed by atoms with Crippen molar-refractivity contribution < 1.29 is 0 Å². The van der Waals surface area contributed by atoms with Crippen LogP contribution in [0.25, 0.3) is 0 Å². The van der Waals surface area contributed by atoms with E-state index in [0.717, 1.165) is 0 Å². The van der Waals surface area contributed by atoms with E-state index in [9.17, 15) is 0 Å². The van der Waals surface area contributed by atoms with Gasteiger partial charge in [-0.2, -0.15) is 0 Å². The summed E-state index contributed by atoms with van der Waals surface area (Å²) in [5.41, 5.74) is 1.50. The lowest BCUT2D eigenvalue weighted by atomic mass is 9.83. The van der Waals surface area contributed by atoms with Crippen molar-refractivity contribution in [2.24, 2.45) is 0 Å². The van der Waals surface area contributed by atoms with Crippen molar-refractivity contribution >= 4 is 11.8 Å². The van der Waals surface area contributed by atoms with E-state index in [1.165, 1.54) is 42.6 Å². The summed E-state index contributed by atoms with van der Waals surface area (Å²) < 4.78 is 0.293. The third-order valence-corrected chi connectivity index (χ3v) is 5.56. The van der Waals surface area contributed by atoms with E-state index < -0.39 is 0 Å². The molecule has 0 spiro atoms. The molecule has 1 saturated carbocycles. The van der Waals surface area contributed by atoms with E-state index in [1.807, 2.05) is 0 Å². The normalized spacial score (nSPS) is 18.1. The van der Waals surface area contributed by atoms with Gasteiger partial charge in [0.1, 0.15) is 0 Å². The van der Waals surface area contributed by atoms with Crippen LogP contribution in [0.5, 0.6) is 0 Å². The molecular weight excluding hydrogens is 248 g/mol. The Morgan fingerprint density at radius 2 is 1.26 bits per heavy atom. The molecule has 19 heavy (non-hydrogen) atoms. The summed E-state index contributed by atoms with van der Waals surface area (Å²) >= 11 is 2.07. The fourth-order valence-electron chi connectivity index (χ4n) is 3.03. The molecule has 0 heterocycles. The SMILES string of the molecule is c1ccc(SC2(c3ccccc3)CCCCC2)cc1. The second-order valence-electron chi connectivity index (χ2n) is 5.34. The average molecular weight is 268 g/mol. The van der Waals surface area contributed by atoms with Crippen molar-refractivity contribution in [3.8, 4) is 0 Å². The third kappa shape index (κ3) is 2.87. The molecule has 1 fully saturated rings. The van der Waals surface area contributed by atoms with Crippen molar-refractivity contribution in [2.45, 2.75) is 41.7 Å². The molecular formula is C18H20S. The summed E-state index contributed by atoms with van der Waals surface area (Å²) in [5, 5.41) is 0. The number of hydrogen-bond acceptors (Lipinski definition) is 1. The summed E-state index contributed by atoms with van der Waals surface area (Å²) in [6.07, 6.45) is 6.71. The van der Waals surface area contributed by atoms with Crippen LogP contribution in [0, 0.1) is 0 Å². The lowest BCUT2D eigenvalue weighted by molar-refractivity contribution is 0.407. The molecule has 0 aromatic heterocycles. The largest absolute Gasteiger partial charge is 0.115 e. The van der Waals surface area contributed by atoms with Crippen LogP contribution in [-0.4, -0.2) is 0 Å². The first-order valence-corrected chi connectivity index (χ1v) is 8.00. The molecule has 0 aliphatic heterocycles. The van der Waals surface area contributed by atoms with Gasteiger partial charge in [0.15, 0.2) is 0 Å². The van der Waals surface area contributed by atoms with Gasteiger partial charge in [0.05, 0.1) is 0 Å². The molecule has 0 atom stereocenters. The maximum atomic E-state index is 2.31. The first-order valence-electron chi connectivity index (χ1n) is 7.19. The highest BCUT2D eigenvalue weighted by Gasteiger charge is 2.34. The molecule has 2 aromatic carbocycles. The first-order chi connectivity index (χ1) is 9.39. The van der Waals surface area contributed by atoms with Gasteiger partial charge in [-0.05, 0) is 30.5 Å². The summed E-state index contributed by atoms with van der Waals surface area (Å²) in [6.45, 7) is 0. The van der Waals surface area contributed by atoms with Gasteiger partial charge in [-0.3, -0.25) is 0 Å². The zero-order chi connectivity index (χ0) is 13.0. The molecule has 1 aliphatic carbocycles. The molecule has 0 unspecified atom stereocenters. The van der Waals surface area contributed by atoms with Crippen molar-refractivity contribution in [3.05, 3.63) is 66.2 Å². The zero-order valence-electron chi connectivity index (χ0n) is 11.2. The minimum absolute atomic E-state index is 0.293. The minimum atomic E-state index is 0.293. The van der Waals surface area contributed by atoms with E-state index in [1.54, 1.807) is 0 Å². The van der Waals surface area contributed by atoms with Crippen LogP contribution in [0.15, 0.2) is 65.6 Å². The van der Waals surface area contributed by atoms with Crippen LogP contribution < -0.4 is 0 Å². The summed E-state index contributed by atoms with van der Waals surface area (Å²) in [7, 11) is 0. The minimum Gasteiger partial charge on any atom is -0.115 e. The maximum absolute atomic E-state index is 2.31. The molecule has 0 saturated heterocycles. The molecule has 1 heteroatoms. The van der Waals surface area contributed by atoms with Crippen LogP contribution in [-0.2, 0) is 4.75 Å². The Labute approximate surface area is 120 Å². The van der Waals surface area contributed by atoms with E-state index in [0.29, 0.717) is 4.75 Å². The summed E-state index contributed by atoms with van der Waals surface area (Å²) in [6, 6.07) is 22.0. The Bertz CT molecular complexity index is 498. The Morgan fingerprint density at radius 1 is 0.684 bits per heavy atom. The number of benzene rings is 2. The van der Waals surface area contributed by atoms with Gasteiger partial charge in [0.25, 0.3) is 0 Å². The van der Waals surface area contributed by atoms with Crippen LogP contribution in [0.3, 0.4) is 0 Å². The highest BCUT2D eigenvalue weighted by molar-refractivity contribution is 8.00. The predicted molar refractivity (Wildman–Crippen MR) is 83.5 cm³/mol. The standard InChI is InChI=1S/C18H20S/c1-4-10-16(11-5-1)18(14-8-3-9-15-18)19-17-12-6-2-7-13-17/h1-2,4-7,10-13H,3,8-9,14-15H2. The van der Waals surface area contributed by atoms with Crippen LogP contribution in [0.2, 0.25) is 0 Å². The summed E-state index contributed by atoms with van der Waals surface area (Å²) in [5.74, 6) is 0. The first kappa shape index (κ1) is 12.8. The lowest BCUT2D eigenvalue weighted by Crippen LogP contribution is -2.25. The van der Waals surface area contributed by atoms with E-state index in [2.05, 4.69) is 72.4 Å². The highest BCUT2D eigenvalue weighted by Crippen LogP contribution is 2.50. The molecule has 3 rings (SSSR count). The molecule has 0 N–H and O–H groups in total. The number of hydrogen-bond donors (Lipinski definition) is 0. The van der Waals surface area contributed by atoms with Gasteiger partial charge in [-0.1, -0.05) is 67.8 Å². The summed E-state index contributed by atoms with van der Waals surface area (Å²) in [4.78, 5) is 1.40. The number of rotatable bonds is 3. The van der Waals surface area contributed by atoms with Crippen LogP contribution >= 0.6 is 11.8 Å². The van der Waals surface area contributed by atoms with E-state index in [4.69, 9.17) is 0 Å². The van der Waals surface area contributed by atoms with Crippen molar-refractivity contribution in [3.63, 3.8) is 0 Å². The highest BCUT2D eigenvalue weighted by atomic mass is 32.2. The van der Waals surface area contributed by atoms with Crippen molar-refractivity contribution in [1.29, 1.82) is 0 Å². The predicted octanol–water partition coefficient (Wildman–Crippen LogP) is 5.64. The quantitative estimate of drug-likeness (QED) is 0.694. The fourth-order valence-corrected chi connectivity index (χ4v) is 4.52. The van der Waals surface area contributed by atoms with Gasteiger partial charge < -0.3 is 0 Å². The number of thioether (sulfide) groups is 1. The second kappa shape index (κ2) is 5.83. The second-order valence-corrected chi connectivity index (χ2v) is 6.79. The molecule has 1 aliphatic rings. The van der Waals surface area contributed by atoms with Gasteiger partial charge in [-0.25, -0.2) is 0 Å². The van der Waals surface area contributed by atoms with Crippen LogP contribution in [0.1, 0.15) is 37.7 Å². The van der Waals surface area contributed by atoms with Gasteiger partial charge in [0, 0.05) is 9.64 Å². The van der Waals surface area contributed by atoms with Gasteiger partial charge >= 0.3 is 0 Å². The molecule has 0 radical (unpaired) electrons. The Balaban J connectivity index is 1.93. The fraction of sp³-hybridized carbons (Fsp3) is 0.333. The van der Waals surface area contributed by atoms with Gasteiger partial charge in [-0.15, -0.1) is 11.8 Å². The molecule has 0 nitrogen and oxygen atoms in total. The van der Waals surface area contributed by atoms with E-state index >= 15 is 0 Å². The van der Waals surface area contributed by atoms with Crippen molar-refractivity contribution in [1.82, 2.24) is 0 Å². The zero-order valence-corrected chi connectivity index (χ0v) is 12.0. The van der Waals surface area contributed by atoms with Crippen molar-refractivity contribution in [2.75, 3.05) is 0 Å². The lowest BCUT2D eigenvalue weighted by Gasteiger charge is -2.37. The van der Waals surface area contributed by atoms with Crippen LogP contribution in [0.4, 0.5) is 0 Å². The Morgan fingerprint density at radius 3 is 1.89 bits per heavy atom. The van der Waals surface area contributed by atoms with E-state index in [-0.39, 0.29) is 0 Å². The monoisotopic (exact) mass is 268 g/mol. The molecule has 0 amide bonds. The maximum Gasteiger partial charge on any atom is 0.0455 e.